The number of nitrogens with one attached hydrogen (secondary N) is 1. The summed E-state index contributed by atoms with van der Waals surface area (Å²) in [5.74, 6) is -0.942. The zero-order valence-electron chi connectivity index (χ0n) is 13.4. The van der Waals surface area contributed by atoms with E-state index in [0.717, 1.165) is 4.88 Å². The monoisotopic (exact) mass is 380 g/mol. The number of hydrogen-bond acceptors (Lipinski definition) is 5. The van der Waals surface area contributed by atoms with E-state index < -0.39 is 24.1 Å². The normalized spacial score (nSPS) is 12.9. The van der Waals surface area contributed by atoms with Crippen LogP contribution in [0.5, 0.6) is 0 Å². The standard InChI is InChI=1S/C17H17ClN2O4S/c1-10(16(22)11-4-6-12(18)7-5-11)24-15(21)9-13(20-17(19)23)14-3-2-8-25-14/h2-8,10,13H,9H2,1H3,(H3,19,20,23)/t10-,13-/m1/s1. The number of amides is 2. The number of carbonyl (C=O) groups is 3. The van der Waals surface area contributed by atoms with Crippen molar-refractivity contribution in [2.24, 2.45) is 5.73 Å². The lowest BCUT2D eigenvalue weighted by Gasteiger charge is -2.17. The van der Waals surface area contributed by atoms with Gasteiger partial charge in [0.15, 0.2) is 6.10 Å². The number of urea groups is 1. The number of thiophene rings is 1. The molecule has 0 bridgehead atoms. The number of rotatable bonds is 7. The Labute approximate surface area is 153 Å². The van der Waals surface area contributed by atoms with Crippen LogP contribution >= 0.6 is 22.9 Å². The number of Topliss-reactive ketones (excluding diaryl/α,β-unsaturated/α-hetero) is 1. The Bertz CT molecular complexity index is 747. The van der Waals surface area contributed by atoms with E-state index in [0.29, 0.717) is 10.6 Å². The summed E-state index contributed by atoms with van der Waals surface area (Å²) in [6.45, 7) is 1.50. The van der Waals surface area contributed by atoms with Gasteiger partial charge in [-0.2, -0.15) is 0 Å². The van der Waals surface area contributed by atoms with Crippen LogP contribution in [-0.2, 0) is 9.53 Å². The van der Waals surface area contributed by atoms with Gasteiger partial charge in [-0.05, 0) is 42.6 Å². The fraction of sp³-hybridized carbons (Fsp3) is 0.235. The van der Waals surface area contributed by atoms with Gasteiger partial charge in [0, 0.05) is 15.5 Å². The largest absolute Gasteiger partial charge is 0.454 e. The van der Waals surface area contributed by atoms with Crippen LogP contribution in [0.25, 0.3) is 0 Å². The zero-order valence-corrected chi connectivity index (χ0v) is 15.0. The fourth-order valence-corrected chi connectivity index (χ4v) is 3.10. The lowest BCUT2D eigenvalue weighted by atomic mass is 10.1. The summed E-state index contributed by atoms with van der Waals surface area (Å²) in [4.78, 5) is 36.3. The summed E-state index contributed by atoms with van der Waals surface area (Å²) in [6, 6.07) is 8.56. The van der Waals surface area contributed by atoms with Gasteiger partial charge in [-0.1, -0.05) is 17.7 Å². The molecule has 25 heavy (non-hydrogen) atoms. The van der Waals surface area contributed by atoms with Crippen molar-refractivity contribution in [3.8, 4) is 0 Å². The molecule has 1 aromatic carbocycles. The molecule has 0 spiro atoms. The van der Waals surface area contributed by atoms with E-state index in [1.165, 1.54) is 18.3 Å². The van der Waals surface area contributed by atoms with Gasteiger partial charge in [-0.3, -0.25) is 9.59 Å². The van der Waals surface area contributed by atoms with E-state index in [9.17, 15) is 14.4 Å². The zero-order chi connectivity index (χ0) is 18.4. The summed E-state index contributed by atoms with van der Waals surface area (Å²) >= 11 is 7.17. The maximum absolute atomic E-state index is 12.3. The Morgan fingerprint density at radius 3 is 2.48 bits per heavy atom. The van der Waals surface area contributed by atoms with Crippen molar-refractivity contribution < 1.29 is 19.1 Å². The number of benzene rings is 1. The summed E-state index contributed by atoms with van der Waals surface area (Å²) in [7, 11) is 0. The van der Waals surface area contributed by atoms with Crippen molar-refractivity contribution in [1.29, 1.82) is 0 Å². The highest BCUT2D eigenvalue weighted by Crippen LogP contribution is 2.23. The molecule has 3 N–H and O–H groups in total. The first-order valence-corrected chi connectivity index (χ1v) is 8.71. The van der Waals surface area contributed by atoms with Gasteiger partial charge in [0.25, 0.3) is 0 Å². The van der Waals surface area contributed by atoms with Gasteiger partial charge in [0.2, 0.25) is 5.78 Å². The number of nitrogens with two attached hydrogens (primary N) is 1. The van der Waals surface area contributed by atoms with E-state index >= 15 is 0 Å². The number of ether oxygens (including phenoxy) is 1. The Morgan fingerprint density at radius 2 is 1.92 bits per heavy atom. The maximum atomic E-state index is 12.3. The van der Waals surface area contributed by atoms with Crippen LogP contribution in [0.2, 0.25) is 5.02 Å². The Balaban J connectivity index is 1.98. The molecule has 0 saturated heterocycles. The second-order valence-electron chi connectivity index (χ2n) is 5.28. The van der Waals surface area contributed by atoms with Gasteiger partial charge in [-0.25, -0.2) is 4.79 Å². The molecule has 0 aliphatic heterocycles. The molecular formula is C17H17ClN2O4S. The third kappa shape index (κ3) is 5.58. The molecule has 1 heterocycles. The van der Waals surface area contributed by atoms with E-state index in [1.807, 2.05) is 5.38 Å². The SMILES string of the molecule is C[C@@H](OC(=O)C[C@@H](NC(N)=O)c1cccs1)C(=O)c1ccc(Cl)cc1. The van der Waals surface area contributed by atoms with E-state index in [4.69, 9.17) is 22.1 Å². The van der Waals surface area contributed by atoms with Gasteiger partial charge < -0.3 is 15.8 Å². The number of carbonyl (C=O) groups excluding carboxylic acids is 3. The minimum Gasteiger partial charge on any atom is -0.454 e. The molecule has 1 aromatic heterocycles. The number of halogens is 1. The van der Waals surface area contributed by atoms with Crippen LogP contribution in [0.3, 0.4) is 0 Å². The molecule has 0 radical (unpaired) electrons. The lowest BCUT2D eigenvalue weighted by Crippen LogP contribution is -2.35. The molecule has 2 aromatic rings. The minimum absolute atomic E-state index is 0.123. The van der Waals surface area contributed by atoms with E-state index in [-0.39, 0.29) is 12.2 Å². The van der Waals surface area contributed by atoms with Gasteiger partial charge in [0.05, 0.1) is 12.5 Å². The highest BCUT2D eigenvalue weighted by atomic mass is 35.5. The number of hydrogen-bond donors (Lipinski definition) is 2. The number of ketones is 1. The van der Waals surface area contributed by atoms with E-state index in [2.05, 4.69) is 5.32 Å². The third-order valence-electron chi connectivity index (χ3n) is 3.38. The lowest BCUT2D eigenvalue weighted by molar-refractivity contribution is -0.146. The summed E-state index contributed by atoms with van der Waals surface area (Å²) in [5.41, 5.74) is 5.55. The van der Waals surface area contributed by atoms with Gasteiger partial charge in [-0.15, -0.1) is 11.3 Å². The predicted octanol–water partition coefficient (Wildman–Crippen LogP) is 3.32. The van der Waals surface area contributed by atoms with Crippen molar-refractivity contribution in [3.05, 3.63) is 57.2 Å². The van der Waals surface area contributed by atoms with Crippen molar-refractivity contribution >= 4 is 40.7 Å². The molecule has 8 heteroatoms. The predicted molar refractivity (Wildman–Crippen MR) is 95.7 cm³/mol. The first-order valence-electron chi connectivity index (χ1n) is 7.45. The molecule has 0 aliphatic rings. The fourth-order valence-electron chi connectivity index (χ4n) is 2.20. The van der Waals surface area contributed by atoms with Gasteiger partial charge >= 0.3 is 12.0 Å². The smallest absolute Gasteiger partial charge is 0.312 e. The van der Waals surface area contributed by atoms with Crippen LogP contribution < -0.4 is 11.1 Å². The first kappa shape index (κ1) is 19.0. The van der Waals surface area contributed by atoms with Crippen molar-refractivity contribution in [2.75, 3.05) is 0 Å². The van der Waals surface area contributed by atoms with Crippen molar-refractivity contribution in [3.63, 3.8) is 0 Å². The quantitative estimate of drug-likeness (QED) is 0.568. The molecule has 132 valence electrons. The Morgan fingerprint density at radius 1 is 1.24 bits per heavy atom. The topological polar surface area (TPSA) is 98.5 Å². The molecule has 2 atom stereocenters. The third-order valence-corrected chi connectivity index (χ3v) is 4.62. The average Bonchev–Trinajstić information content (AvgIpc) is 3.08. The van der Waals surface area contributed by atoms with Crippen LogP contribution in [0.1, 0.15) is 34.6 Å². The Kier molecular flexibility index (Phi) is 6.55. The van der Waals surface area contributed by atoms with Crippen LogP contribution in [0.4, 0.5) is 4.79 Å². The molecule has 2 rings (SSSR count). The molecule has 0 unspecified atom stereocenters. The van der Waals surface area contributed by atoms with Crippen molar-refractivity contribution in [1.82, 2.24) is 5.32 Å². The summed E-state index contributed by atoms with van der Waals surface area (Å²) < 4.78 is 5.20. The number of primary amides is 1. The molecule has 6 nitrogen and oxygen atoms in total. The van der Waals surface area contributed by atoms with E-state index in [1.54, 1.807) is 36.4 Å². The van der Waals surface area contributed by atoms with Crippen molar-refractivity contribution in [2.45, 2.75) is 25.5 Å². The second-order valence-corrected chi connectivity index (χ2v) is 6.70. The molecule has 2 amide bonds. The highest BCUT2D eigenvalue weighted by Gasteiger charge is 2.23. The number of esters is 1. The minimum atomic E-state index is -0.953. The first-order chi connectivity index (χ1) is 11.9. The average molecular weight is 381 g/mol. The van der Waals surface area contributed by atoms with Crippen LogP contribution in [-0.4, -0.2) is 23.9 Å². The second kappa shape index (κ2) is 8.64. The summed E-state index contributed by atoms with van der Waals surface area (Å²) in [6.07, 6.45) is -1.08. The molecular weight excluding hydrogens is 364 g/mol. The Hall–Kier alpha value is -2.38. The van der Waals surface area contributed by atoms with Crippen LogP contribution in [0, 0.1) is 0 Å². The maximum Gasteiger partial charge on any atom is 0.312 e. The molecule has 0 saturated carbocycles. The molecule has 0 fully saturated rings. The summed E-state index contributed by atoms with van der Waals surface area (Å²) in [5, 5.41) is 4.84. The van der Waals surface area contributed by atoms with Gasteiger partial charge in [0.1, 0.15) is 0 Å². The highest BCUT2D eigenvalue weighted by molar-refractivity contribution is 7.10. The molecule has 0 aliphatic carbocycles. The van der Waals surface area contributed by atoms with Crippen LogP contribution in [0.15, 0.2) is 41.8 Å².